The van der Waals surface area contributed by atoms with Crippen LogP contribution in [-0.2, 0) is 12.8 Å². The summed E-state index contributed by atoms with van der Waals surface area (Å²) < 4.78 is 34.0. The number of aryl methyl sites for hydroxylation is 1. The Hall–Kier alpha value is -3.49. The first kappa shape index (κ1) is 21.4. The summed E-state index contributed by atoms with van der Waals surface area (Å²) in [5.74, 6) is -1.97. The summed E-state index contributed by atoms with van der Waals surface area (Å²) in [5, 5.41) is 7.49. The number of amides is 2. The highest BCUT2D eigenvalue weighted by Crippen LogP contribution is 2.29. The maximum absolute atomic E-state index is 13.8. The van der Waals surface area contributed by atoms with Crippen molar-refractivity contribution in [1.29, 1.82) is 0 Å². The van der Waals surface area contributed by atoms with Gasteiger partial charge in [0.2, 0.25) is 0 Å². The highest BCUT2D eigenvalue weighted by molar-refractivity contribution is 5.95. The first-order valence-corrected chi connectivity index (χ1v) is 11.1. The summed E-state index contributed by atoms with van der Waals surface area (Å²) in [6.07, 6.45) is 5.09. The standard InChI is InChI=1S/C24H24F2N4O3/c1-14-9-12-33-22(14)23(31)27-15-7-10-29(11-8-15)24(32)21-17-3-2-4-20(17)30(28-21)16-5-6-18(25)19(26)13-16/h5-6,9,12-13,15H,2-4,7-8,10-11H2,1H3,(H,27,31). The van der Waals surface area contributed by atoms with Gasteiger partial charge in [0, 0.05) is 42.0 Å². The summed E-state index contributed by atoms with van der Waals surface area (Å²) in [6.45, 7) is 2.80. The molecule has 1 saturated heterocycles. The smallest absolute Gasteiger partial charge is 0.287 e. The molecule has 2 aromatic heterocycles. The molecule has 33 heavy (non-hydrogen) atoms. The number of halogens is 2. The quantitative estimate of drug-likeness (QED) is 0.654. The molecule has 0 spiro atoms. The number of aromatic nitrogens is 2. The Bertz CT molecular complexity index is 1220. The molecule has 172 valence electrons. The number of carbonyl (C=O) groups is 2. The lowest BCUT2D eigenvalue weighted by Crippen LogP contribution is -2.46. The fraction of sp³-hybridized carbons (Fsp3) is 0.375. The minimum Gasteiger partial charge on any atom is -0.459 e. The van der Waals surface area contributed by atoms with Crippen molar-refractivity contribution in [3.8, 4) is 5.69 Å². The van der Waals surface area contributed by atoms with Crippen molar-refractivity contribution in [3.63, 3.8) is 0 Å². The molecule has 0 bridgehead atoms. The molecule has 2 amide bonds. The van der Waals surface area contributed by atoms with Crippen molar-refractivity contribution in [2.24, 2.45) is 0 Å². The van der Waals surface area contributed by atoms with Crippen LogP contribution in [-0.4, -0.2) is 45.6 Å². The number of piperidine rings is 1. The van der Waals surface area contributed by atoms with E-state index in [2.05, 4.69) is 10.4 Å². The number of furan rings is 1. The average molecular weight is 454 g/mol. The fourth-order valence-corrected chi connectivity index (χ4v) is 4.67. The van der Waals surface area contributed by atoms with E-state index in [1.165, 1.54) is 12.3 Å². The van der Waals surface area contributed by atoms with E-state index in [4.69, 9.17) is 4.42 Å². The minimum atomic E-state index is -0.948. The summed E-state index contributed by atoms with van der Waals surface area (Å²) in [6, 6.07) is 5.33. The predicted octanol–water partition coefficient (Wildman–Crippen LogP) is 3.58. The van der Waals surface area contributed by atoms with Gasteiger partial charge in [-0.05, 0) is 57.2 Å². The van der Waals surface area contributed by atoms with Crippen molar-refractivity contribution >= 4 is 11.8 Å². The van der Waals surface area contributed by atoms with Crippen molar-refractivity contribution in [1.82, 2.24) is 20.0 Å². The summed E-state index contributed by atoms with van der Waals surface area (Å²) >= 11 is 0. The van der Waals surface area contributed by atoms with Gasteiger partial charge in [0.25, 0.3) is 11.8 Å². The largest absolute Gasteiger partial charge is 0.459 e. The molecule has 0 saturated carbocycles. The number of nitrogens with zero attached hydrogens (tertiary/aromatic N) is 3. The molecule has 0 unspecified atom stereocenters. The molecule has 1 aliphatic heterocycles. The molecular weight excluding hydrogens is 430 g/mol. The number of hydrogen-bond donors (Lipinski definition) is 1. The third-order valence-electron chi connectivity index (χ3n) is 6.47. The predicted molar refractivity (Wildman–Crippen MR) is 115 cm³/mol. The van der Waals surface area contributed by atoms with Gasteiger partial charge in [-0.1, -0.05) is 0 Å². The molecule has 3 heterocycles. The number of fused-ring (bicyclic) bond motifs is 1. The molecule has 2 aliphatic rings. The van der Waals surface area contributed by atoms with Gasteiger partial charge in [0.05, 0.1) is 12.0 Å². The van der Waals surface area contributed by atoms with E-state index in [9.17, 15) is 18.4 Å². The lowest BCUT2D eigenvalue weighted by atomic mass is 10.0. The van der Waals surface area contributed by atoms with Crippen molar-refractivity contribution in [2.75, 3.05) is 13.1 Å². The van der Waals surface area contributed by atoms with Crippen LogP contribution in [0.4, 0.5) is 8.78 Å². The van der Waals surface area contributed by atoms with Crippen LogP contribution >= 0.6 is 0 Å². The number of rotatable bonds is 4. The monoisotopic (exact) mass is 454 g/mol. The maximum Gasteiger partial charge on any atom is 0.287 e. The van der Waals surface area contributed by atoms with Crippen LogP contribution in [0.3, 0.4) is 0 Å². The van der Waals surface area contributed by atoms with Crippen LogP contribution in [0.2, 0.25) is 0 Å². The Morgan fingerprint density at radius 2 is 1.91 bits per heavy atom. The molecule has 5 rings (SSSR count). The van der Waals surface area contributed by atoms with Crippen LogP contribution in [0.5, 0.6) is 0 Å². The minimum absolute atomic E-state index is 0.0449. The SMILES string of the molecule is Cc1ccoc1C(=O)NC1CCN(C(=O)c2nn(-c3ccc(F)c(F)c3)c3c2CCC3)CC1. The first-order valence-electron chi connectivity index (χ1n) is 11.1. The third-order valence-corrected chi connectivity index (χ3v) is 6.47. The van der Waals surface area contributed by atoms with E-state index >= 15 is 0 Å². The van der Waals surface area contributed by atoms with E-state index in [0.29, 0.717) is 43.1 Å². The zero-order valence-electron chi connectivity index (χ0n) is 18.2. The topological polar surface area (TPSA) is 80.4 Å². The van der Waals surface area contributed by atoms with E-state index in [1.54, 1.807) is 15.6 Å². The normalized spacial score (nSPS) is 16.2. The lowest BCUT2D eigenvalue weighted by Gasteiger charge is -2.32. The molecule has 7 nitrogen and oxygen atoms in total. The van der Waals surface area contributed by atoms with E-state index in [1.807, 2.05) is 6.92 Å². The van der Waals surface area contributed by atoms with Crippen molar-refractivity contribution < 1.29 is 22.8 Å². The first-order chi connectivity index (χ1) is 15.9. The number of likely N-dealkylation sites (tertiary alicyclic amines) is 1. The van der Waals surface area contributed by atoms with Gasteiger partial charge in [0.1, 0.15) is 0 Å². The zero-order valence-corrected chi connectivity index (χ0v) is 18.2. The Labute approximate surface area is 189 Å². The Balaban J connectivity index is 1.29. The highest BCUT2D eigenvalue weighted by Gasteiger charge is 2.32. The second kappa shape index (κ2) is 8.46. The van der Waals surface area contributed by atoms with Gasteiger partial charge in [-0.25, -0.2) is 13.5 Å². The molecule has 1 N–H and O–H groups in total. The second-order valence-corrected chi connectivity index (χ2v) is 8.61. The van der Waals surface area contributed by atoms with Gasteiger partial charge < -0.3 is 14.6 Å². The van der Waals surface area contributed by atoms with Crippen LogP contribution in [0.15, 0.2) is 34.9 Å². The van der Waals surface area contributed by atoms with Crippen molar-refractivity contribution in [3.05, 3.63) is 70.4 Å². The van der Waals surface area contributed by atoms with Gasteiger partial charge in [-0.2, -0.15) is 5.10 Å². The number of nitrogens with one attached hydrogen (secondary N) is 1. The van der Waals surface area contributed by atoms with E-state index in [0.717, 1.165) is 48.2 Å². The van der Waals surface area contributed by atoms with Crippen LogP contribution in [0, 0.1) is 18.6 Å². The highest BCUT2D eigenvalue weighted by atomic mass is 19.2. The van der Waals surface area contributed by atoms with Gasteiger partial charge in [0.15, 0.2) is 23.1 Å². The van der Waals surface area contributed by atoms with Gasteiger partial charge >= 0.3 is 0 Å². The Morgan fingerprint density at radius 1 is 1.12 bits per heavy atom. The number of hydrogen-bond acceptors (Lipinski definition) is 4. The maximum atomic E-state index is 13.8. The van der Waals surface area contributed by atoms with Crippen LogP contribution in [0.25, 0.3) is 5.69 Å². The van der Waals surface area contributed by atoms with Crippen LogP contribution in [0.1, 0.15) is 57.1 Å². The summed E-state index contributed by atoms with van der Waals surface area (Å²) in [4.78, 5) is 27.4. The molecule has 3 aromatic rings. The van der Waals surface area contributed by atoms with Crippen LogP contribution < -0.4 is 5.32 Å². The average Bonchev–Trinajstić information content (AvgIpc) is 3.52. The van der Waals surface area contributed by atoms with E-state index in [-0.39, 0.29) is 17.9 Å². The van der Waals surface area contributed by atoms with E-state index < -0.39 is 11.6 Å². The molecule has 1 fully saturated rings. The molecule has 0 atom stereocenters. The van der Waals surface area contributed by atoms with Gasteiger partial charge in [-0.3, -0.25) is 9.59 Å². The second-order valence-electron chi connectivity index (χ2n) is 8.61. The Morgan fingerprint density at radius 3 is 2.61 bits per heavy atom. The third kappa shape index (κ3) is 3.92. The zero-order chi connectivity index (χ0) is 23.1. The number of benzene rings is 1. The van der Waals surface area contributed by atoms with Crippen molar-refractivity contribution in [2.45, 2.75) is 45.1 Å². The Kier molecular flexibility index (Phi) is 5.47. The summed E-state index contributed by atoms with van der Waals surface area (Å²) in [5.41, 5.74) is 3.32. The summed E-state index contributed by atoms with van der Waals surface area (Å²) in [7, 11) is 0. The molecule has 1 aromatic carbocycles. The van der Waals surface area contributed by atoms with Gasteiger partial charge in [-0.15, -0.1) is 0 Å². The fourth-order valence-electron chi connectivity index (χ4n) is 4.67. The molecule has 0 radical (unpaired) electrons. The lowest BCUT2D eigenvalue weighted by molar-refractivity contribution is 0.0688. The molecule has 9 heteroatoms. The molecular formula is C24H24F2N4O3. The number of carbonyl (C=O) groups excluding carboxylic acids is 2. The molecule has 1 aliphatic carbocycles.